The summed E-state index contributed by atoms with van der Waals surface area (Å²) in [5.74, 6) is 0.531. The maximum Gasteiger partial charge on any atom is 0.190 e. The van der Waals surface area contributed by atoms with Crippen molar-refractivity contribution >= 4 is 44.9 Å². The van der Waals surface area contributed by atoms with Crippen LogP contribution in [0, 0.1) is 5.82 Å². The van der Waals surface area contributed by atoms with Crippen LogP contribution in [0.5, 0.6) is 0 Å². The molecular formula is C19H12ClFN2S2. The molecule has 2 nitrogen and oxygen atoms in total. The molecule has 0 saturated heterocycles. The molecule has 0 aliphatic carbocycles. The first-order chi connectivity index (χ1) is 12.2. The Bertz CT molecular complexity index is 1020. The van der Waals surface area contributed by atoms with Gasteiger partial charge in [0.05, 0.1) is 5.39 Å². The smallest absolute Gasteiger partial charge is 0.190 e. The highest BCUT2D eigenvalue weighted by Crippen LogP contribution is 2.38. The van der Waals surface area contributed by atoms with Crippen molar-refractivity contribution in [2.24, 2.45) is 0 Å². The summed E-state index contributed by atoms with van der Waals surface area (Å²) in [6.07, 6.45) is 0. The second-order valence-electron chi connectivity index (χ2n) is 5.41. The molecule has 0 atom stereocenters. The molecule has 0 fully saturated rings. The lowest BCUT2D eigenvalue weighted by Crippen LogP contribution is -1.89. The zero-order valence-corrected chi connectivity index (χ0v) is 15.3. The van der Waals surface area contributed by atoms with E-state index in [9.17, 15) is 4.39 Å². The molecule has 124 valence electrons. The van der Waals surface area contributed by atoms with Gasteiger partial charge >= 0.3 is 0 Å². The molecule has 2 aromatic heterocycles. The highest BCUT2D eigenvalue weighted by atomic mass is 35.5. The summed E-state index contributed by atoms with van der Waals surface area (Å²) in [5, 5.41) is 3.90. The minimum Gasteiger partial charge on any atom is -0.211 e. The summed E-state index contributed by atoms with van der Waals surface area (Å²) >= 11 is 9.52. The van der Waals surface area contributed by atoms with E-state index in [1.807, 2.05) is 23.6 Å². The molecular weight excluding hydrogens is 375 g/mol. The molecule has 0 bridgehead atoms. The first kappa shape index (κ1) is 16.5. The summed E-state index contributed by atoms with van der Waals surface area (Å²) in [6.45, 7) is 0. The van der Waals surface area contributed by atoms with E-state index >= 15 is 0 Å². The van der Waals surface area contributed by atoms with Gasteiger partial charge in [0.2, 0.25) is 0 Å². The zero-order chi connectivity index (χ0) is 17.2. The number of rotatable bonds is 4. The van der Waals surface area contributed by atoms with E-state index in [1.54, 1.807) is 23.9 Å². The molecule has 2 heterocycles. The van der Waals surface area contributed by atoms with Crippen molar-refractivity contribution in [3.05, 3.63) is 76.5 Å². The molecule has 0 unspecified atom stereocenters. The number of hydrogen-bond acceptors (Lipinski definition) is 4. The van der Waals surface area contributed by atoms with Gasteiger partial charge in [-0.1, -0.05) is 65.8 Å². The lowest BCUT2D eigenvalue weighted by Gasteiger charge is -2.04. The summed E-state index contributed by atoms with van der Waals surface area (Å²) in [5.41, 5.74) is 3.05. The summed E-state index contributed by atoms with van der Waals surface area (Å²) in [4.78, 5) is 9.91. The molecule has 2 aromatic carbocycles. The third-order valence-corrected chi connectivity index (χ3v) is 5.80. The second-order valence-corrected chi connectivity index (χ2v) is 7.57. The number of benzene rings is 2. The van der Waals surface area contributed by atoms with Gasteiger partial charge in [0.25, 0.3) is 0 Å². The van der Waals surface area contributed by atoms with Crippen LogP contribution >= 0.6 is 34.7 Å². The highest BCUT2D eigenvalue weighted by Gasteiger charge is 2.14. The van der Waals surface area contributed by atoms with Crippen molar-refractivity contribution in [3.63, 3.8) is 0 Å². The first-order valence-corrected chi connectivity index (χ1v) is 9.82. The zero-order valence-electron chi connectivity index (χ0n) is 12.9. The van der Waals surface area contributed by atoms with Gasteiger partial charge in [-0.2, -0.15) is 0 Å². The number of halogens is 2. The van der Waals surface area contributed by atoms with E-state index in [0.717, 1.165) is 27.1 Å². The molecule has 25 heavy (non-hydrogen) atoms. The quantitative estimate of drug-likeness (QED) is 0.229. The van der Waals surface area contributed by atoms with Crippen LogP contribution < -0.4 is 0 Å². The Morgan fingerprint density at radius 2 is 1.76 bits per heavy atom. The average Bonchev–Trinajstić information content (AvgIpc) is 3.06. The molecule has 0 spiro atoms. The van der Waals surface area contributed by atoms with Gasteiger partial charge in [0.1, 0.15) is 15.8 Å². The fourth-order valence-corrected chi connectivity index (χ4v) is 4.69. The Morgan fingerprint density at radius 1 is 1.00 bits per heavy atom. The summed E-state index contributed by atoms with van der Waals surface area (Å²) in [6, 6.07) is 16.5. The van der Waals surface area contributed by atoms with Crippen LogP contribution in [0.1, 0.15) is 5.56 Å². The Labute approximate surface area is 157 Å². The third kappa shape index (κ3) is 3.54. The monoisotopic (exact) mass is 386 g/mol. The standard InChI is InChI=1S/C19H12ClFN2S2/c20-17-16-15(13-6-8-14(21)9-7-13)11-24-18(16)23-19(22-17)25-10-12-4-2-1-3-5-12/h1-9,11H,10H2. The predicted molar refractivity (Wildman–Crippen MR) is 104 cm³/mol. The number of hydrogen-bond donors (Lipinski definition) is 0. The van der Waals surface area contributed by atoms with Crippen molar-refractivity contribution in [3.8, 4) is 11.1 Å². The van der Waals surface area contributed by atoms with Gasteiger partial charge in [0, 0.05) is 16.7 Å². The van der Waals surface area contributed by atoms with Crippen molar-refractivity contribution in [2.45, 2.75) is 10.9 Å². The van der Waals surface area contributed by atoms with Crippen LogP contribution in [0.4, 0.5) is 4.39 Å². The fraction of sp³-hybridized carbons (Fsp3) is 0.0526. The maximum atomic E-state index is 13.1. The largest absolute Gasteiger partial charge is 0.211 e. The molecule has 0 aliphatic heterocycles. The molecule has 0 aliphatic rings. The predicted octanol–water partition coefficient (Wildman–Crippen LogP) is 6.44. The van der Waals surface area contributed by atoms with Gasteiger partial charge in [-0.25, -0.2) is 14.4 Å². The number of thioether (sulfide) groups is 1. The number of fused-ring (bicyclic) bond motifs is 1. The minimum absolute atomic E-state index is 0.259. The molecule has 0 amide bonds. The number of aromatic nitrogens is 2. The maximum absolute atomic E-state index is 13.1. The highest BCUT2D eigenvalue weighted by molar-refractivity contribution is 7.98. The lowest BCUT2D eigenvalue weighted by atomic mass is 10.1. The second kappa shape index (κ2) is 7.12. The van der Waals surface area contributed by atoms with Crippen LogP contribution in [0.2, 0.25) is 5.15 Å². The van der Waals surface area contributed by atoms with Gasteiger partial charge in [-0.15, -0.1) is 11.3 Å². The third-order valence-electron chi connectivity index (χ3n) is 3.73. The molecule has 4 rings (SSSR count). The lowest BCUT2D eigenvalue weighted by molar-refractivity contribution is 0.628. The Morgan fingerprint density at radius 3 is 2.52 bits per heavy atom. The van der Waals surface area contributed by atoms with Crippen LogP contribution in [0.25, 0.3) is 21.3 Å². The Kier molecular flexibility index (Phi) is 4.70. The van der Waals surface area contributed by atoms with Crippen molar-refractivity contribution in [1.29, 1.82) is 0 Å². The van der Waals surface area contributed by atoms with E-state index in [4.69, 9.17) is 11.6 Å². The molecule has 6 heteroatoms. The van der Waals surface area contributed by atoms with E-state index in [0.29, 0.717) is 10.3 Å². The Hall–Kier alpha value is -1.95. The molecule has 4 aromatic rings. The molecule has 0 radical (unpaired) electrons. The SMILES string of the molecule is Fc1ccc(-c2csc3nc(SCc4ccccc4)nc(Cl)c23)cc1. The Balaban J connectivity index is 1.66. The molecule has 0 N–H and O–H groups in total. The average molecular weight is 387 g/mol. The van der Waals surface area contributed by atoms with Crippen molar-refractivity contribution in [1.82, 2.24) is 9.97 Å². The topological polar surface area (TPSA) is 25.8 Å². The summed E-state index contributed by atoms with van der Waals surface area (Å²) < 4.78 is 13.1. The van der Waals surface area contributed by atoms with Gasteiger partial charge < -0.3 is 0 Å². The summed E-state index contributed by atoms with van der Waals surface area (Å²) in [7, 11) is 0. The van der Waals surface area contributed by atoms with E-state index in [1.165, 1.54) is 29.0 Å². The first-order valence-electron chi connectivity index (χ1n) is 7.58. The van der Waals surface area contributed by atoms with Crippen molar-refractivity contribution in [2.75, 3.05) is 0 Å². The van der Waals surface area contributed by atoms with E-state index in [2.05, 4.69) is 22.1 Å². The van der Waals surface area contributed by atoms with Crippen LogP contribution in [-0.4, -0.2) is 9.97 Å². The fourth-order valence-electron chi connectivity index (χ4n) is 2.51. The number of nitrogens with zero attached hydrogens (tertiary/aromatic N) is 2. The minimum atomic E-state index is -0.259. The van der Waals surface area contributed by atoms with Gasteiger partial charge in [-0.05, 0) is 23.3 Å². The van der Waals surface area contributed by atoms with E-state index in [-0.39, 0.29) is 5.82 Å². The van der Waals surface area contributed by atoms with E-state index < -0.39 is 0 Å². The molecule has 0 saturated carbocycles. The normalized spacial score (nSPS) is 11.1. The van der Waals surface area contributed by atoms with Gasteiger partial charge in [0.15, 0.2) is 5.16 Å². The van der Waals surface area contributed by atoms with Crippen LogP contribution in [0.15, 0.2) is 65.1 Å². The van der Waals surface area contributed by atoms with Gasteiger partial charge in [-0.3, -0.25) is 0 Å². The number of thiophene rings is 1. The van der Waals surface area contributed by atoms with Crippen LogP contribution in [0.3, 0.4) is 0 Å². The van der Waals surface area contributed by atoms with Crippen LogP contribution in [-0.2, 0) is 5.75 Å². The van der Waals surface area contributed by atoms with Crippen molar-refractivity contribution < 1.29 is 4.39 Å².